The maximum atomic E-state index is 13.5. The normalized spacial score (nSPS) is 17.7. The van der Waals surface area contributed by atoms with Gasteiger partial charge in [-0.15, -0.1) is 0 Å². The molecule has 1 aromatic carbocycles. The number of nitrogens with two attached hydrogens (primary N) is 1. The second-order valence-electron chi connectivity index (χ2n) is 4.17. The summed E-state index contributed by atoms with van der Waals surface area (Å²) in [6.07, 6.45) is 0. The van der Waals surface area contributed by atoms with Gasteiger partial charge in [-0.3, -0.25) is 0 Å². The Balaban J connectivity index is 2.34. The van der Waals surface area contributed by atoms with Crippen LogP contribution in [0.4, 0.5) is 14.5 Å². The van der Waals surface area contributed by atoms with Crippen LogP contribution in [0, 0.1) is 17.6 Å². The zero-order valence-corrected chi connectivity index (χ0v) is 10.1. The highest BCUT2D eigenvalue weighted by Gasteiger charge is 2.37. The fourth-order valence-corrected chi connectivity index (χ4v) is 3.39. The number of benzene rings is 1. The summed E-state index contributed by atoms with van der Waals surface area (Å²) in [6.45, 7) is 0.116. The number of aliphatic hydroxyl groups is 1. The van der Waals surface area contributed by atoms with Gasteiger partial charge in [-0.05, 0) is 6.07 Å². The van der Waals surface area contributed by atoms with Crippen molar-refractivity contribution < 1.29 is 22.3 Å². The molecule has 0 unspecified atom stereocenters. The molecule has 18 heavy (non-hydrogen) atoms. The predicted octanol–water partition coefficient (Wildman–Crippen LogP) is 0.160. The van der Waals surface area contributed by atoms with Crippen LogP contribution in [-0.2, 0) is 10.0 Å². The largest absolute Gasteiger partial charge is 0.396 e. The third kappa shape index (κ3) is 2.06. The summed E-state index contributed by atoms with van der Waals surface area (Å²) in [6, 6.07) is 1.22. The number of halogens is 2. The Bertz CT molecular complexity index is 571. The first-order chi connectivity index (χ1) is 8.36. The van der Waals surface area contributed by atoms with Crippen molar-refractivity contribution >= 4 is 15.7 Å². The van der Waals surface area contributed by atoms with Crippen molar-refractivity contribution in [3.05, 3.63) is 23.8 Å². The molecule has 8 heteroatoms. The first-order valence-corrected chi connectivity index (χ1v) is 6.65. The Hall–Kier alpha value is -1.25. The van der Waals surface area contributed by atoms with Crippen molar-refractivity contribution in [1.29, 1.82) is 0 Å². The maximum absolute atomic E-state index is 13.5. The van der Waals surface area contributed by atoms with Gasteiger partial charge in [-0.2, -0.15) is 4.31 Å². The van der Waals surface area contributed by atoms with E-state index in [0.717, 1.165) is 10.4 Å². The lowest BCUT2D eigenvalue weighted by Crippen LogP contribution is -2.51. The molecule has 0 spiro atoms. The highest BCUT2D eigenvalue weighted by Crippen LogP contribution is 2.28. The van der Waals surface area contributed by atoms with Crippen LogP contribution in [0.1, 0.15) is 0 Å². The van der Waals surface area contributed by atoms with Gasteiger partial charge in [-0.1, -0.05) is 0 Å². The monoisotopic (exact) mass is 278 g/mol. The Morgan fingerprint density at radius 1 is 1.33 bits per heavy atom. The summed E-state index contributed by atoms with van der Waals surface area (Å²) in [7, 11) is -4.01. The first-order valence-electron chi connectivity index (χ1n) is 5.21. The van der Waals surface area contributed by atoms with Crippen LogP contribution < -0.4 is 5.73 Å². The van der Waals surface area contributed by atoms with E-state index < -0.39 is 32.2 Å². The summed E-state index contributed by atoms with van der Waals surface area (Å²) in [5.41, 5.74) is 4.81. The highest BCUT2D eigenvalue weighted by molar-refractivity contribution is 7.89. The van der Waals surface area contributed by atoms with Gasteiger partial charge >= 0.3 is 0 Å². The average molecular weight is 278 g/mol. The Morgan fingerprint density at radius 3 is 2.50 bits per heavy atom. The van der Waals surface area contributed by atoms with Crippen LogP contribution in [0.3, 0.4) is 0 Å². The van der Waals surface area contributed by atoms with Crippen molar-refractivity contribution in [3.63, 3.8) is 0 Å². The molecule has 0 atom stereocenters. The lowest BCUT2D eigenvalue weighted by molar-refractivity contribution is 0.117. The molecule has 1 heterocycles. The van der Waals surface area contributed by atoms with Crippen LogP contribution in [0.2, 0.25) is 0 Å². The topological polar surface area (TPSA) is 83.6 Å². The van der Waals surface area contributed by atoms with E-state index in [4.69, 9.17) is 10.8 Å². The van der Waals surface area contributed by atoms with E-state index in [2.05, 4.69) is 0 Å². The van der Waals surface area contributed by atoms with E-state index in [-0.39, 0.29) is 25.6 Å². The van der Waals surface area contributed by atoms with Crippen molar-refractivity contribution in [2.45, 2.75) is 4.90 Å². The van der Waals surface area contributed by atoms with Gasteiger partial charge in [0.05, 0.1) is 5.69 Å². The molecule has 1 fully saturated rings. The predicted molar refractivity (Wildman–Crippen MR) is 60.1 cm³/mol. The number of anilines is 1. The molecule has 5 nitrogen and oxygen atoms in total. The quantitative estimate of drug-likeness (QED) is 0.771. The second-order valence-corrected chi connectivity index (χ2v) is 6.08. The summed E-state index contributed by atoms with van der Waals surface area (Å²) < 4.78 is 51.4. The fraction of sp³-hybridized carbons (Fsp3) is 0.400. The zero-order chi connectivity index (χ0) is 13.5. The van der Waals surface area contributed by atoms with Crippen LogP contribution >= 0.6 is 0 Å². The minimum absolute atomic E-state index is 0.121. The van der Waals surface area contributed by atoms with Gasteiger partial charge in [0.15, 0.2) is 0 Å². The van der Waals surface area contributed by atoms with Gasteiger partial charge in [0, 0.05) is 31.7 Å². The number of sulfonamides is 1. The molecule has 1 aliphatic heterocycles. The third-order valence-corrected chi connectivity index (χ3v) is 4.70. The number of hydrogen-bond donors (Lipinski definition) is 2. The molecule has 1 saturated heterocycles. The average Bonchev–Trinajstić information content (AvgIpc) is 2.21. The molecule has 1 aromatic rings. The van der Waals surface area contributed by atoms with E-state index in [1.54, 1.807) is 0 Å². The summed E-state index contributed by atoms with van der Waals surface area (Å²) in [4.78, 5) is -0.641. The van der Waals surface area contributed by atoms with Crippen LogP contribution in [0.5, 0.6) is 0 Å². The van der Waals surface area contributed by atoms with Crippen LogP contribution in [-0.4, -0.2) is 37.5 Å². The lowest BCUT2D eigenvalue weighted by Gasteiger charge is -2.36. The number of nitrogen functional groups attached to an aromatic ring is 1. The van der Waals surface area contributed by atoms with E-state index in [1.165, 1.54) is 0 Å². The lowest BCUT2D eigenvalue weighted by atomic mass is 10.1. The van der Waals surface area contributed by atoms with E-state index in [1.807, 2.05) is 0 Å². The van der Waals surface area contributed by atoms with E-state index in [0.29, 0.717) is 6.07 Å². The van der Waals surface area contributed by atoms with Crippen LogP contribution in [0.15, 0.2) is 17.0 Å². The minimum atomic E-state index is -4.01. The van der Waals surface area contributed by atoms with Crippen molar-refractivity contribution in [2.24, 2.45) is 5.92 Å². The molecule has 1 aliphatic rings. The SMILES string of the molecule is Nc1cc(S(=O)(=O)N2CC(CO)C2)c(F)cc1F. The van der Waals surface area contributed by atoms with Crippen molar-refractivity contribution in [1.82, 2.24) is 4.31 Å². The van der Waals surface area contributed by atoms with Gasteiger partial charge < -0.3 is 10.8 Å². The molecule has 0 aliphatic carbocycles. The van der Waals surface area contributed by atoms with Crippen LogP contribution in [0.25, 0.3) is 0 Å². The fourth-order valence-electron chi connectivity index (χ4n) is 1.72. The van der Waals surface area contributed by atoms with Gasteiger partial charge in [0.1, 0.15) is 16.5 Å². The number of rotatable bonds is 3. The number of hydrogen-bond acceptors (Lipinski definition) is 4. The Kier molecular flexibility index (Phi) is 3.26. The Morgan fingerprint density at radius 2 is 1.94 bits per heavy atom. The van der Waals surface area contributed by atoms with Gasteiger partial charge in [-0.25, -0.2) is 17.2 Å². The molecule has 0 aromatic heterocycles. The zero-order valence-electron chi connectivity index (χ0n) is 9.31. The number of aliphatic hydroxyl groups excluding tert-OH is 1. The van der Waals surface area contributed by atoms with Crippen molar-refractivity contribution in [3.8, 4) is 0 Å². The maximum Gasteiger partial charge on any atom is 0.246 e. The smallest absolute Gasteiger partial charge is 0.246 e. The Labute approximate surface area is 103 Å². The summed E-state index contributed by atoms with van der Waals surface area (Å²) >= 11 is 0. The molecular weight excluding hydrogens is 266 g/mol. The van der Waals surface area contributed by atoms with Crippen molar-refractivity contribution in [2.75, 3.05) is 25.4 Å². The summed E-state index contributed by atoms with van der Waals surface area (Å²) in [5, 5.41) is 8.81. The molecule has 2 rings (SSSR count). The first kappa shape index (κ1) is 13.2. The van der Waals surface area contributed by atoms with Gasteiger partial charge in [0.25, 0.3) is 0 Å². The molecule has 0 amide bonds. The molecular formula is C10H12F2N2O3S. The standard InChI is InChI=1S/C10H12F2N2O3S/c11-7-1-8(12)10(2-9(7)13)18(16,17)14-3-6(4-14)5-15/h1-2,6,15H,3-5,13H2. The summed E-state index contributed by atoms with van der Waals surface area (Å²) in [5.74, 6) is -2.31. The minimum Gasteiger partial charge on any atom is -0.396 e. The molecule has 3 N–H and O–H groups in total. The molecule has 100 valence electrons. The molecule has 0 radical (unpaired) electrons. The van der Waals surface area contributed by atoms with E-state index >= 15 is 0 Å². The highest BCUT2D eigenvalue weighted by atomic mass is 32.2. The third-order valence-electron chi connectivity index (χ3n) is 2.85. The second kappa shape index (κ2) is 4.45. The molecule has 0 bridgehead atoms. The van der Waals surface area contributed by atoms with E-state index in [9.17, 15) is 17.2 Å². The molecule has 0 saturated carbocycles. The van der Waals surface area contributed by atoms with Gasteiger partial charge in [0.2, 0.25) is 10.0 Å². The number of nitrogens with zero attached hydrogens (tertiary/aromatic N) is 1.